The zero-order chi connectivity index (χ0) is 15.1. The van der Waals surface area contributed by atoms with Crippen LogP contribution in [0.4, 0.5) is 10.5 Å². The van der Waals surface area contributed by atoms with Gasteiger partial charge in [0.25, 0.3) is 0 Å². The molecule has 0 aliphatic carbocycles. The normalized spacial score (nSPS) is 11.7. The van der Waals surface area contributed by atoms with Gasteiger partial charge in [0.2, 0.25) is 0 Å². The highest BCUT2D eigenvalue weighted by molar-refractivity contribution is 5.90. The Bertz CT molecular complexity index is 461. The molecule has 0 saturated heterocycles. The molecule has 112 valence electrons. The van der Waals surface area contributed by atoms with Gasteiger partial charge in [0.1, 0.15) is 0 Å². The number of carbonyl (C=O) groups excluding carboxylic acids is 1. The van der Waals surface area contributed by atoms with Gasteiger partial charge in [0.15, 0.2) is 11.5 Å². The maximum Gasteiger partial charge on any atom is 0.319 e. The number of hydrogen-bond acceptors (Lipinski definition) is 3. The fourth-order valence-electron chi connectivity index (χ4n) is 2.00. The van der Waals surface area contributed by atoms with Gasteiger partial charge in [0.05, 0.1) is 14.2 Å². The van der Waals surface area contributed by atoms with E-state index < -0.39 is 0 Å². The second-order valence-electron chi connectivity index (χ2n) is 4.81. The smallest absolute Gasteiger partial charge is 0.319 e. The number of hydrogen-bond donors (Lipinski definition) is 2. The van der Waals surface area contributed by atoms with Crippen LogP contribution < -0.4 is 20.1 Å². The summed E-state index contributed by atoms with van der Waals surface area (Å²) >= 11 is 0. The summed E-state index contributed by atoms with van der Waals surface area (Å²) in [5, 5.41) is 5.74. The Hall–Kier alpha value is -1.91. The Morgan fingerprint density at radius 2 is 1.85 bits per heavy atom. The first kappa shape index (κ1) is 16.1. The van der Waals surface area contributed by atoms with Crippen LogP contribution in [0.25, 0.3) is 0 Å². The number of ether oxygens (including phenoxy) is 2. The van der Waals surface area contributed by atoms with E-state index >= 15 is 0 Å². The molecular formula is C15H24N2O3. The summed E-state index contributed by atoms with van der Waals surface area (Å²) in [6.07, 6.45) is 2.00. The molecule has 0 aromatic heterocycles. The zero-order valence-electron chi connectivity index (χ0n) is 12.9. The minimum Gasteiger partial charge on any atom is -0.493 e. The Balaban J connectivity index is 2.79. The molecule has 5 heteroatoms. The van der Waals surface area contributed by atoms with Crippen LogP contribution in [0.5, 0.6) is 11.5 Å². The van der Waals surface area contributed by atoms with Gasteiger partial charge in [-0.05, 0) is 31.9 Å². The highest BCUT2D eigenvalue weighted by Crippen LogP contribution is 2.32. The SMILES string of the molecule is CCC[C@@H](C)NC(=O)Nc1cc(OC)c(OC)cc1C. The first-order valence-electron chi connectivity index (χ1n) is 6.81. The lowest BCUT2D eigenvalue weighted by molar-refractivity contribution is 0.248. The predicted molar refractivity (Wildman–Crippen MR) is 80.8 cm³/mol. The van der Waals surface area contributed by atoms with Crippen molar-refractivity contribution in [2.24, 2.45) is 0 Å². The number of amides is 2. The number of nitrogens with one attached hydrogen (secondary N) is 2. The third kappa shape index (κ3) is 4.33. The molecule has 0 radical (unpaired) electrons. The summed E-state index contributed by atoms with van der Waals surface area (Å²) in [4.78, 5) is 11.9. The lowest BCUT2D eigenvalue weighted by Gasteiger charge is -2.16. The third-order valence-corrected chi connectivity index (χ3v) is 3.08. The molecule has 1 aromatic carbocycles. The van der Waals surface area contributed by atoms with Gasteiger partial charge < -0.3 is 20.1 Å². The molecular weight excluding hydrogens is 256 g/mol. The molecule has 2 N–H and O–H groups in total. The third-order valence-electron chi connectivity index (χ3n) is 3.08. The maximum atomic E-state index is 11.9. The van der Waals surface area contributed by atoms with Gasteiger partial charge in [-0.3, -0.25) is 0 Å². The highest BCUT2D eigenvalue weighted by Gasteiger charge is 2.12. The number of rotatable bonds is 6. The van der Waals surface area contributed by atoms with Gasteiger partial charge in [0, 0.05) is 17.8 Å². The van der Waals surface area contributed by atoms with Crippen molar-refractivity contribution in [2.75, 3.05) is 19.5 Å². The van der Waals surface area contributed by atoms with E-state index in [-0.39, 0.29) is 12.1 Å². The van der Waals surface area contributed by atoms with Crippen LogP contribution in [0.15, 0.2) is 12.1 Å². The fraction of sp³-hybridized carbons (Fsp3) is 0.533. The van der Waals surface area contributed by atoms with Gasteiger partial charge in [-0.2, -0.15) is 0 Å². The second-order valence-corrected chi connectivity index (χ2v) is 4.81. The molecule has 1 rings (SSSR count). The van der Waals surface area contributed by atoms with Crippen LogP contribution in [0.1, 0.15) is 32.3 Å². The molecule has 0 spiro atoms. The first-order valence-corrected chi connectivity index (χ1v) is 6.81. The standard InChI is InChI=1S/C15H24N2O3/c1-6-7-11(3)16-15(18)17-12-9-14(20-5)13(19-4)8-10(12)2/h8-9,11H,6-7H2,1-5H3,(H2,16,17,18)/t11-/m1/s1. The van der Waals surface area contributed by atoms with E-state index in [1.54, 1.807) is 20.3 Å². The minimum absolute atomic E-state index is 0.153. The lowest BCUT2D eigenvalue weighted by atomic mass is 10.1. The highest BCUT2D eigenvalue weighted by atomic mass is 16.5. The second kappa shape index (κ2) is 7.62. The summed E-state index contributed by atoms with van der Waals surface area (Å²) in [5.41, 5.74) is 1.63. The molecule has 20 heavy (non-hydrogen) atoms. The van der Waals surface area contributed by atoms with E-state index in [1.165, 1.54) is 0 Å². The average molecular weight is 280 g/mol. The summed E-state index contributed by atoms with van der Waals surface area (Å²) in [6.45, 7) is 5.99. The number of anilines is 1. The molecule has 0 unspecified atom stereocenters. The Labute approximate surface area is 120 Å². The fourth-order valence-corrected chi connectivity index (χ4v) is 2.00. The molecule has 0 fully saturated rings. The van der Waals surface area contributed by atoms with Crippen LogP contribution in [0.2, 0.25) is 0 Å². The number of urea groups is 1. The summed E-state index contributed by atoms with van der Waals surface area (Å²) in [5.74, 6) is 1.24. The molecule has 0 heterocycles. The van der Waals surface area contributed by atoms with E-state index in [2.05, 4.69) is 17.6 Å². The summed E-state index contributed by atoms with van der Waals surface area (Å²) in [7, 11) is 3.16. The minimum atomic E-state index is -0.207. The maximum absolute atomic E-state index is 11.9. The van der Waals surface area contributed by atoms with Crippen molar-refractivity contribution in [3.8, 4) is 11.5 Å². The number of benzene rings is 1. The summed E-state index contributed by atoms with van der Waals surface area (Å²) < 4.78 is 10.5. The number of carbonyl (C=O) groups is 1. The van der Waals surface area contributed by atoms with Crippen molar-refractivity contribution in [1.29, 1.82) is 0 Å². The first-order chi connectivity index (χ1) is 9.51. The van der Waals surface area contributed by atoms with Crippen molar-refractivity contribution in [2.45, 2.75) is 39.7 Å². The van der Waals surface area contributed by atoms with Gasteiger partial charge in [-0.1, -0.05) is 13.3 Å². The van der Waals surface area contributed by atoms with Crippen LogP contribution in [-0.2, 0) is 0 Å². The largest absolute Gasteiger partial charge is 0.493 e. The van der Waals surface area contributed by atoms with E-state index in [4.69, 9.17) is 9.47 Å². The van der Waals surface area contributed by atoms with E-state index in [9.17, 15) is 4.79 Å². The average Bonchev–Trinajstić information content (AvgIpc) is 2.40. The van der Waals surface area contributed by atoms with E-state index in [0.29, 0.717) is 17.2 Å². The van der Waals surface area contributed by atoms with Crippen molar-refractivity contribution < 1.29 is 14.3 Å². The zero-order valence-corrected chi connectivity index (χ0v) is 12.9. The molecule has 0 aliphatic heterocycles. The van der Waals surface area contributed by atoms with Crippen LogP contribution in [0.3, 0.4) is 0 Å². The van der Waals surface area contributed by atoms with Gasteiger partial charge >= 0.3 is 6.03 Å². The van der Waals surface area contributed by atoms with Gasteiger partial charge in [-0.15, -0.1) is 0 Å². The molecule has 1 atom stereocenters. The topological polar surface area (TPSA) is 59.6 Å². The number of aryl methyl sites for hydroxylation is 1. The molecule has 0 aliphatic rings. The quantitative estimate of drug-likeness (QED) is 0.840. The van der Waals surface area contributed by atoms with Crippen molar-refractivity contribution in [1.82, 2.24) is 5.32 Å². The molecule has 2 amide bonds. The van der Waals surface area contributed by atoms with Crippen LogP contribution >= 0.6 is 0 Å². The molecule has 0 bridgehead atoms. The monoisotopic (exact) mass is 280 g/mol. The number of methoxy groups -OCH3 is 2. The van der Waals surface area contributed by atoms with Crippen molar-refractivity contribution >= 4 is 11.7 Å². The van der Waals surface area contributed by atoms with E-state index in [1.807, 2.05) is 19.9 Å². The van der Waals surface area contributed by atoms with Crippen molar-refractivity contribution in [3.63, 3.8) is 0 Å². The molecule has 0 saturated carbocycles. The van der Waals surface area contributed by atoms with Crippen molar-refractivity contribution in [3.05, 3.63) is 17.7 Å². The van der Waals surface area contributed by atoms with Crippen LogP contribution in [0, 0.1) is 6.92 Å². The Morgan fingerprint density at radius 3 is 2.40 bits per heavy atom. The Kier molecular flexibility index (Phi) is 6.15. The lowest BCUT2D eigenvalue weighted by Crippen LogP contribution is -2.36. The van der Waals surface area contributed by atoms with Gasteiger partial charge in [-0.25, -0.2) is 4.79 Å². The Morgan fingerprint density at radius 1 is 1.25 bits per heavy atom. The van der Waals surface area contributed by atoms with E-state index in [0.717, 1.165) is 18.4 Å². The van der Waals surface area contributed by atoms with Crippen LogP contribution in [-0.4, -0.2) is 26.3 Å². The predicted octanol–water partition coefficient (Wildman–Crippen LogP) is 3.32. The molecule has 1 aromatic rings. The molecule has 5 nitrogen and oxygen atoms in total. The summed E-state index contributed by atoms with van der Waals surface area (Å²) in [6, 6.07) is 3.55.